The Morgan fingerprint density at radius 1 is 0.571 bits per heavy atom. The molecule has 0 radical (unpaired) electrons. The van der Waals surface area contributed by atoms with Gasteiger partial charge in [-0.15, -0.1) is 0 Å². The highest BCUT2D eigenvalue weighted by atomic mass is 16.5. The Hall–Kier alpha value is -2.73. The zero-order chi connectivity index (χ0) is 40.6. The second-order valence-corrected chi connectivity index (χ2v) is 16.3. The minimum Gasteiger partial charge on any atom is -0.465 e. The molecule has 2 N–H and O–H groups in total. The first-order valence-electron chi connectivity index (χ1n) is 23.4. The molecule has 0 fully saturated rings. The molecule has 0 spiro atoms. The number of nitrogens with zero attached hydrogens (tertiary/aromatic N) is 1. The van der Waals surface area contributed by atoms with Crippen LogP contribution in [0.3, 0.4) is 0 Å². The van der Waals surface area contributed by atoms with E-state index >= 15 is 0 Å². The molecule has 0 aliphatic rings. The van der Waals surface area contributed by atoms with E-state index in [-0.39, 0.29) is 37.1 Å². The second kappa shape index (κ2) is 39.1. The maximum absolute atomic E-state index is 12.6. The fourth-order valence-corrected chi connectivity index (χ4v) is 6.82. The molecule has 6 nitrogen and oxygen atoms in total. The van der Waals surface area contributed by atoms with E-state index in [4.69, 9.17) is 15.2 Å². The van der Waals surface area contributed by atoms with Gasteiger partial charge in [0.05, 0.1) is 13.2 Å². The SMILES string of the molecule is CCCCCCCC/C=C\CCCCCCCC(=O)OCC(C/N=C\c1ccc(CC(C)N)cc1)COC(=O)CCCCCCC/C=C\CCCCCCCC. The van der Waals surface area contributed by atoms with Crippen LogP contribution in [0.5, 0.6) is 0 Å². The number of ether oxygens (including phenoxy) is 2. The minimum absolute atomic E-state index is 0.120. The smallest absolute Gasteiger partial charge is 0.305 e. The van der Waals surface area contributed by atoms with Gasteiger partial charge < -0.3 is 15.2 Å². The molecule has 1 atom stereocenters. The predicted octanol–water partition coefficient (Wildman–Crippen LogP) is 13.8. The summed E-state index contributed by atoms with van der Waals surface area (Å²) in [4.78, 5) is 29.8. The number of hydrogen-bond acceptors (Lipinski definition) is 6. The summed E-state index contributed by atoms with van der Waals surface area (Å²) in [6.45, 7) is 7.36. The minimum atomic E-state index is -0.181. The lowest BCUT2D eigenvalue weighted by molar-refractivity contribution is -0.148. The highest BCUT2D eigenvalue weighted by Gasteiger charge is 2.15. The summed E-state index contributed by atoms with van der Waals surface area (Å²) in [5.74, 6) is -0.540. The Bertz CT molecular complexity index is 1070. The molecular formula is C50H86N2O4. The summed E-state index contributed by atoms with van der Waals surface area (Å²) in [6.07, 6.45) is 44.8. The summed E-state index contributed by atoms with van der Waals surface area (Å²) in [5.41, 5.74) is 8.14. The number of aliphatic imine (C=N–C) groups is 1. The molecule has 0 aliphatic heterocycles. The van der Waals surface area contributed by atoms with Crippen LogP contribution < -0.4 is 5.73 Å². The van der Waals surface area contributed by atoms with Gasteiger partial charge in [-0.05, 0) is 88.7 Å². The van der Waals surface area contributed by atoms with Crippen molar-refractivity contribution in [3.8, 4) is 0 Å². The zero-order valence-corrected chi connectivity index (χ0v) is 36.6. The predicted molar refractivity (Wildman–Crippen MR) is 241 cm³/mol. The fraction of sp³-hybridized carbons (Fsp3) is 0.740. The molecule has 0 aromatic heterocycles. The van der Waals surface area contributed by atoms with Gasteiger partial charge in [-0.2, -0.15) is 0 Å². The zero-order valence-electron chi connectivity index (χ0n) is 36.6. The number of hydrogen-bond donors (Lipinski definition) is 1. The summed E-state index contributed by atoms with van der Waals surface area (Å²) in [5, 5.41) is 0. The lowest BCUT2D eigenvalue weighted by Gasteiger charge is -2.15. The molecule has 1 aromatic rings. The summed E-state index contributed by atoms with van der Waals surface area (Å²) in [6, 6.07) is 8.36. The fourth-order valence-electron chi connectivity index (χ4n) is 6.82. The number of allylic oxidation sites excluding steroid dienone is 4. The Labute approximate surface area is 345 Å². The van der Waals surface area contributed by atoms with Crippen LogP contribution in [0.25, 0.3) is 0 Å². The summed E-state index contributed by atoms with van der Waals surface area (Å²) < 4.78 is 11.3. The quantitative estimate of drug-likeness (QED) is 0.0311. The van der Waals surface area contributed by atoms with Crippen LogP contribution in [-0.2, 0) is 25.5 Å². The van der Waals surface area contributed by atoms with Gasteiger partial charge in [0.1, 0.15) is 0 Å². The number of esters is 2. The van der Waals surface area contributed by atoms with Gasteiger partial charge in [0, 0.05) is 37.6 Å². The molecule has 1 rings (SSSR count). The molecule has 56 heavy (non-hydrogen) atoms. The number of unbranched alkanes of at least 4 members (excludes halogenated alkanes) is 22. The van der Waals surface area contributed by atoms with Gasteiger partial charge in [-0.3, -0.25) is 14.6 Å². The molecule has 1 aromatic carbocycles. The molecular weight excluding hydrogens is 693 g/mol. The molecule has 320 valence electrons. The third kappa shape index (κ3) is 34.5. The Morgan fingerprint density at radius 2 is 0.946 bits per heavy atom. The Kier molecular flexibility index (Phi) is 35.8. The van der Waals surface area contributed by atoms with Crippen molar-refractivity contribution in [2.24, 2.45) is 16.6 Å². The van der Waals surface area contributed by atoms with Crippen molar-refractivity contribution in [3.05, 3.63) is 59.7 Å². The molecule has 6 heteroatoms. The van der Waals surface area contributed by atoms with Crippen molar-refractivity contribution in [3.63, 3.8) is 0 Å². The van der Waals surface area contributed by atoms with Crippen LogP contribution in [0.4, 0.5) is 0 Å². The van der Waals surface area contributed by atoms with E-state index in [0.717, 1.165) is 63.4 Å². The average molecular weight is 779 g/mol. The first-order valence-corrected chi connectivity index (χ1v) is 23.4. The van der Waals surface area contributed by atoms with Crippen molar-refractivity contribution in [2.75, 3.05) is 19.8 Å². The number of rotatable bonds is 39. The maximum Gasteiger partial charge on any atom is 0.305 e. The number of nitrogens with two attached hydrogens (primary N) is 1. The van der Waals surface area contributed by atoms with Crippen LogP contribution in [0.2, 0.25) is 0 Å². The number of benzene rings is 1. The monoisotopic (exact) mass is 779 g/mol. The largest absolute Gasteiger partial charge is 0.465 e. The van der Waals surface area contributed by atoms with Gasteiger partial charge in [0.15, 0.2) is 0 Å². The van der Waals surface area contributed by atoms with Crippen LogP contribution in [-0.4, -0.2) is 44.0 Å². The van der Waals surface area contributed by atoms with Crippen molar-refractivity contribution < 1.29 is 19.1 Å². The topological polar surface area (TPSA) is 91.0 Å². The average Bonchev–Trinajstić information content (AvgIpc) is 3.19. The number of carbonyl (C=O) groups is 2. The molecule has 1 unspecified atom stereocenters. The molecule has 0 aliphatic carbocycles. The maximum atomic E-state index is 12.6. The van der Waals surface area contributed by atoms with Crippen molar-refractivity contribution >= 4 is 18.2 Å². The van der Waals surface area contributed by atoms with Gasteiger partial charge in [0.25, 0.3) is 0 Å². The molecule has 0 saturated carbocycles. The number of carbonyl (C=O) groups excluding carboxylic acids is 2. The molecule has 0 bridgehead atoms. The Morgan fingerprint density at radius 3 is 1.34 bits per heavy atom. The van der Waals surface area contributed by atoms with E-state index in [1.54, 1.807) is 0 Å². The van der Waals surface area contributed by atoms with Crippen LogP contribution in [0, 0.1) is 5.92 Å². The van der Waals surface area contributed by atoms with Crippen LogP contribution in [0.1, 0.15) is 212 Å². The first kappa shape index (κ1) is 51.3. The van der Waals surface area contributed by atoms with Gasteiger partial charge in [-0.1, -0.05) is 165 Å². The van der Waals surface area contributed by atoms with E-state index in [0.29, 0.717) is 19.4 Å². The summed E-state index contributed by atoms with van der Waals surface area (Å²) >= 11 is 0. The lowest BCUT2D eigenvalue weighted by atomic mass is 10.1. The van der Waals surface area contributed by atoms with Crippen LogP contribution >= 0.6 is 0 Å². The third-order valence-electron chi connectivity index (χ3n) is 10.4. The third-order valence-corrected chi connectivity index (χ3v) is 10.4. The molecule has 0 saturated heterocycles. The standard InChI is InChI=1S/C50H86N2O4/c1-4-6-8-10-12-14-16-18-20-22-24-26-28-30-32-34-49(53)55-43-48(42-52-41-47-38-36-46(37-39-47)40-45(3)51)44-56-50(54)35-33-31-29-27-25-23-21-19-17-15-13-11-9-7-5-2/h18-21,36-39,41,45,48H,4-17,22-35,40,42-44,51H2,1-3H3/b20-18-,21-19-,52-41-. The van der Waals surface area contributed by atoms with E-state index < -0.39 is 0 Å². The van der Waals surface area contributed by atoms with E-state index in [1.807, 2.05) is 25.3 Å². The highest BCUT2D eigenvalue weighted by Crippen LogP contribution is 2.13. The molecule has 0 amide bonds. The van der Waals surface area contributed by atoms with Crippen molar-refractivity contribution in [1.82, 2.24) is 0 Å². The van der Waals surface area contributed by atoms with Crippen molar-refractivity contribution in [1.29, 1.82) is 0 Å². The van der Waals surface area contributed by atoms with Gasteiger partial charge in [-0.25, -0.2) is 0 Å². The normalized spacial score (nSPS) is 12.4. The Balaban J connectivity index is 2.32. The van der Waals surface area contributed by atoms with Gasteiger partial charge in [0.2, 0.25) is 0 Å². The first-order chi connectivity index (χ1) is 27.4. The van der Waals surface area contributed by atoms with Crippen molar-refractivity contribution in [2.45, 2.75) is 213 Å². The second-order valence-electron chi connectivity index (χ2n) is 16.3. The van der Waals surface area contributed by atoms with E-state index in [1.165, 1.54) is 121 Å². The summed E-state index contributed by atoms with van der Waals surface area (Å²) in [7, 11) is 0. The van der Waals surface area contributed by atoms with Crippen LogP contribution in [0.15, 0.2) is 53.6 Å². The highest BCUT2D eigenvalue weighted by molar-refractivity contribution is 5.79. The molecule has 0 heterocycles. The van der Waals surface area contributed by atoms with E-state index in [2.05, 4.69) is 55.3 Å². The van der Waals surface area contributed by atoms with Gasteiger partial charge >= 0.3 is 11.9 Å². The lowest BCUT2D eigenvalue weighted by Crippen LogP contribution is -2.23. The van der Waals surface area contributed by atoms with E-state index in [9.17, 15) is 9.59 Å².